The zero-order valence-electron chi connectivity index (χ0n) is 10.5. The number of hydrogen-bond acceptors (Lipinski definition) is 5. The zero-order valence-corrected chi connectivity index (χ0v) is 10.5. The molecule has 1 aromatic rings. The predicted molar refractivity (Wildman–Crippen MR) is 67.4 cm³/mol. The number of rotatable bonds is 3. The van der Waals surface area contributed by atoms with Crippen LogP contribution in [-0.2, 0) is 4.74 Å². The van der Waals surface area contributed by atoms with Gasteiger partial charge < -0.3 is 4.74 Å². The molecule has 98 valence electrons. The average Bonchev–Trinajstić information content (AvgIpc) is 2.39. The minimum atomic E-state index is 0.151. The molecular formula is C13H20N4O. The molecule has 3 rings (SSSR count). The quantitative estimate of drug-likeness (QED) is 0.623. The van der Waals surface area contributed by atoms with Gasteiger partial charge in [-0.15, -0.1) is 0 Å². The molecule has 1 saturated heterocycles. The number of nitrogens with two attached hydrogens (primary N) is 1. The minimum absolute atomic E-state index is 0.151. The van der Waals surface area contributed by atoms with Crippen molar-refractivity contribution in [1.29, 1.82) is 0 Å². The molecule has 2 heterocycles. The first-order valence-electron chi connectivity index (χ1n) is 6.70. The van der Waals surface area contributed by atoms with Crippen molar-refractivity contribution >= 4 is 0 Å². The average molecular weight is 248 g/mol. The number of hydrogen-bond donors (Lipinski definition) is 2. The number of hydrazine groups is 1. The molecular weight excluding hydrogens is 228 g/mol. The van der Waals surface area contributed by atoms with E-state index < -0.39 is 0 Å². The van der Waals surface area contributed by atoms with Crippen LogP contribution >= 0.6 is 0 Å². The van der Waals surface area contributed by atoms with E-state index in [2.05, 4.69) is 15.6 Å². The van der Waals surface area contributed by atoms with Crippen LogP contribution in [0.1, 0.15) is 43.7 Å². The molecule has 1 spiro atoms. The summed E-state index contributed by atoms with van der Waals surface area (Å²) in [5.74, 6) is 6.27. The SMILES string of the molecule is NNC(c1ccnnc1)C1CCOC2(CCC2)C1. The second-order valence-electron chi connectivity index (χ2n) is 5.46. The normalized spacial score (nSPS) is 27.7. The molecule has 3 N–H and O–H groups in total. The summed E-state index contributed by atoms with van der Waals surface area (Å²) < 4.78 is 5.97. The third-order valence-corrected chi connectivity index (χ3v) is 4.41. The predicted octanol–water partition coefficient (Wildman–Crippen LogP) is 1.33. The first-order valence-corrected chi connectivity index (χ1v) is 6.70. The molecule has 2 atom stereocenters. The summed E-state index contributed by atoms with van der Waals surface area (Å²) in [6.07, 6.45) is 9.38. The van der Waals surface area contributed by atoms with Crippen LogP contribution in [0.25, 0.3) is 0 Å². The molecule has 1 aliphatic heterocycles. The molecule has 1 aromatic heterocycles. The van der Waals surface area contributed by atoms with Gasteiger partial charge in [-0.25, -0.2) is 0 Å². The molecule has 0 amide bonds. The third kappa shape index (κ3) is 2.13. The zero-order chi connectivity index (χ0) is 12.4. The van der Waals surface area contributed by atoms with Crippen molar-refractivity contribution in [3.05, 3.63) is 24.0 Å². The van der Waals surface area contributed by atoms with Gasteiger partial charge in [0.25, 0.3) is 0 Å². The second-order valence-corrected chi connectivity index (χ2v) is 5.46. The lowest BCUT2D eigenvalue weighted by atomic mass is 9.70. The Hall–Kier alpha value is -1.04. The molecule has 2 fully saturated rings. The van der Waals surface area contributed by atoms with Crippen molar-refractivity contribution in [2.24, 2.45) is 11.8 Å². The van der Waals surface area contributed by atoms with Gasteiger partial charge in [-0.3, -0.25) is 11.3 Å². The van der Waals surface area contributed by atoms with Crippen molar-refractivity contribution in [2.75, 3.05) is 6.61 Å². The highest BCUT2D eigenvalue weighted by atomic mass is 16.5. The summed E-state index contributed by atoms with van der Waals surface area (Å²) in [6.45, 7) is 0.849. The van der Waals surface area contributed by atoms with Gasteiger partial charge in [0.2, 0.25) is 0 Å². The number of ether oxygens (including phenoxy) is 1. The van der Waals surface area contributed by atoms with Crippen LogP contribution < -0.4 is 11.3 Å². The van der Waals surface area contributed by atoms with Crippen molar-refractivity contribution in [3.8, 4) is 0 Å². The summed E-state index contributed by atoms with van der Waals surface area (Å²) in [5.41, 5.74) is 4.22. The molecule has 0 aromatic carbocycles. The van der Waals surface area contributed by atoms with Crippen molar-refractivity contribution in [2.45, 2.75) is 43.7 Å². The highest BCUT2D eigenvalue weighted by molar-refractivity contribution is 5.13. The van der Waals surface area contributed by atoms with E-state index in [0.717, 1.165) is 25.0 Å². The van der Waals surface area contributed by atoms with Gasteiger partial charge in [-0.1, -0.05) is 0 Å². The Morgan fingerprint density at radius 3 is 2.94 bits per heavy atom. The largest absolute Gasteiger partial charge is 0.375 e. The van der Waals surface area contributed by atoms with Gasteiger partial charge >= 0.3 is 0 Å². The first-order chi connectivity index (χ1) is 8.83. The Labute approximate surface area is 107 Å². The van der Waals surface area contributed by atoms with Crippen LogP contribution in [0.2, 0.25) is 0 Å². The Morgan fingerprint density at radius 2 is 2.33 bits per heavy atom. The highest BCUT2D eigenvalue weighted by Crippen LogP contribution is 2.46. The lowest BCUT2D eigenvalue weighted by Gasteiger charge is -2.48. The fraction of sp³-hybridized carbons (Fsp3) is 0.692. The lowest BCUT2D eigenvalue weighted by molar-refractivity contribution is -0.147. The van der Waals surface area contributed by atoms with E-state index >= 15 is 0 Å². The summed E-state index contributed by atoms with van der Waals surface area (Å²) in [7, 11) is 0. The van der Waals surface area contributed by atoms with Crippen LogP contribution in [0.15, 0.2) is 18.5 Å². The maximum Gasteiger partial charge on any atom is 0.0686 e. The standard InChI is InChI=1S/C13H20N4O/c14-17-12(11-2-6-15-16-9-11)10-3-7-18-13(8-10)4-1-5-13/h2,6,9-10,12,17H,1,3-5,7-8,14H2. The van der Waals surface area contributed by atoms with E-state index in [1.807, 2.05) is 6.07 Å². The lowest BCUT2D eigenvalue weighted by Crippen LogP contribution is -2.48. The molecule has 2 aliphatic rings. The van der Waals surface area contributed by atoms with E-state index in [1.165, 1.54) is 19.3 Å². The molecule has 1 saturated carbocycles. The van der Waals surface area contributed by atoms with Crippen molar-refractivity contribution in [3.63, 3.8) is 0 Å². The molecule has 5 heteroatoms. The van der Waals surface area contributed by atoms with Gasteiger partial charge in [-0.05, 0) is 49.7 Å². The van der Waals surface area contributed by atoms with E-state index in [0.29, 0.717) is 5.92 Å². The number of nitrogens with one attached hydrogen (secondary N) is 1. The molecule has 0 radical (unpaired) electrons. The summed E-state index contributed by atoms with van der Waals surface area (Å²) in [6, 6.07) is 2.14. The molecule has 0 bridgehead atoms. The Kier molecular flexibility index (Phi) is 3.28. The van der Waals surface area contributed by atoms with E-state index in [-0.39, 0.29) is 11.6 Å². The Balaban J connectivity index is 1.75. The molecule has 2 unspecified atom stereocenters. The third-order valence-electron chi connectivity index (χ3n) is 4.41. The van der Waals surface area contributed by atoms with E-state index in [9.17, 15) is 0 Å². The highest BCUT2D eigenvalue weighted by Gasteiger charge is 2.44. The molecule has 5 nitrogen and oxygen atoms in total. The molecule has 18 heavy (non-hydrogen) atoms. The maximum atomic E-state index is 5.97. The van der Waals surface area contributed by atoms with E-state index in [1.54, 1.807) is 12.4 Å². The van der Waals surface area contributed by atoms with Gasteiger partial charge in [0, 0.05) is 12.8 Å². The van der Waals surface area contributed by atoms with Crippen LogP contribution in [0.3, 0.4) is 0 Å². The minimum Gasteiger partial charge on any atom is -0.375 e. The first kappa shape index (κ1) is 12.0. The topological polar surface area (TPSA) is 73.1 Å². The van der Waals surface area contributed by atoms with Gasteiger partial charge in [-0.2, -0.15) is 10.2 Å². The van der Waals surface area contributed by atoms with Crippen LogP contribution in [-0.4, -0.2) is 22.4 Å². The van der Waals surface area contributed by atoms with Gasteiger partial charge in [0.1, 0.15) is 0 Å². The monoisotopic (exact) mass is 248 g/mol. The number of nitrogens with zero attached hydrogens (tertiary/aromatic N) is 2. The summed E-state index contributed by atoms with van der Waals surface area (Å²) >= 11 is 0. The van der Waals surface area contributed by atoms with Crippen LogP contribution in [0, 0.1) is 5.92 Å². The van der Waals surface area contributed by atoms with Crippen molar-refractivity contribution in [1.82, 2.24) is 15.6 Å². The fourth-order valence-corrected chi connectivity index (χ4v) is 3.26. The van der Waals surface area contributed by atoms with Gasteiger partial charge in [0.05, 0.1) is 17.8 Å². The van der Waals surface area contributed by atoms with E-state index in [4.69, 9.17) is 10.6 Å². The number of aromatic nitrogens is 2. The Bertz CT molecular complexity index is 393. The smallest absolute Gasteiger partial charge is 0.0686 e. The Morgan fingerprint density at radius 1 is 1.44 bits per heavy atom. The fourth-order valence-electron chi connectivity index (χ4n) is 3.26. The second kappa shape index (κ2) is 4.91. The van der Waals surface area contributed by atoms with Crippen LogP contribution in [0.4, 0.5) is 0 Å². The maximum absolute atomic E-state index is 5.97. The van der Waals surface area contributed by atoms with Gasteiger partial charge in [0.15, 0.2) is 0 Å². The summed E-state index contributed by atoms with van der Waals surface area (Å²) in [4.78, 5) is 0. The summed E-state index contributed by atoms with van der Waals surface area (Å²) in [5, 5.41) is 7.76. The van der Waals surface area contributed by atoms with Crippen LogP contribution in [0.5, 0.6) is 0 Å². The molecule has 1 aliphatic carbocycles. The van der Waals surface area contributed by atoms with Crippen molar-refractivity contribution < 1.29 is 4.74 Å².